The van der Waals surface area contributed by atoms with Crippen molar-refractivity contribution in [3.05, 3.63) is 54.6 Å². The summed E-state index contributed by atoms with van der Waals surface area (Å²) in [7, 11) is 1.32. The SMILES string of the molecule is CC(C)Cn1c(N)c(C(=O)CNc2cccc(Cl)c2Cl)c(=O)n(C)c1=O. The number of ketones is 1. The number of hydrogen-bond acceptors (Lipinski definition) is 5. The predicted molar refractivity (Wildman–Crippen MR) is 104 cm³/mol. The molecule has 0 atom stereocenters. The normalized spacial score (nSPS) is 11.0. The van der Waals surface area contributed by atoms with E-state index in [-0.39, 0.29) is 28.9 Å². The van der Waals surface area contributed by atoms with E-state index in [4.69, 9.17) is 28.9 Å². The lowest BCUT2D eigenvalue weighted by molar-refractivity contribution is 0.100. The third-order valence-electron chi connectivity index (χ3n) is 3.80. The predicted octanol–water partition coefficient (Wildman–Crippen LogP) is 2.39. The minimum absolute atomic E-state index is 0.110. The highest BCUT2D eigenvalue weighted by molar-refractivity contribution is 6.43. The average Bonchev–Trinajstić information content (AvgIpc) is 2.58. The molecule has 0 saturated heterocycles. The number of hydrogen-bond donors (Lipinski definition) is 2. The van der Waals surface area contributed by atoms with E-state index in [1.54, 1.807) is 18.2 Å². The smallest absolute Gasteiger partial charge is 0.332 e. The van der Waals surface area contributed by atoms with Crippen LogP contribution >= 0.6 is 23.2 Å². The Morgan fingerprint density at radius 3 is 2.54 bits per heavy atom. The second-order valence-electron chi connectivity index (χ2n) is 6.29. The van der Waals surface area contributed by atoms with Crippen LogP contribution in [0.5, 0.6) is 0 Å². The molecule has 1 aromatic heterocycles. The first-order valence-corrected chi connectivity index (χ1v) is 8.71. The molecule has 2 rings (SSSR count). The van der Waals surface area contributed by atoms with Gasteiger partial charge in [0.1, 0.15) is 11.4 Å². The van der Waals surface area contributed by atoms with Crippen molar-refractivity contribution in [3.8, 4) is 0 Å². The summed E-state index contributed by atoms with van der Waals surface area (Å²) in [5.41, 5.74) is 4.94. The number of nitrogens with two attached hydrogens (primary N) is 1. The van der Waals surface area contributed by atoms with Gasteiger partial charge in [0.25, 0.3) is 5.56 Å². The summed E-state index contributed by atoms with van der Waals surface area (Å²) in [5, 5.41) is 3.45. The summed E-state index contributed by atoms with van der Waals surface area (Å²) in [4.78, 5) is 37.3. The molecular formula is C17H20Cl2N4O3. The van der Waals surface area contributed by atoms with E-state index in [2.05, 4.69) is 5.32 Å². The van der Waals surface area contributed by atoms with Crippen molar-refractivity contribution in [1.82, 2.24) is 9.13 Å². The van der Waals surface area contributed by atoms with Crippen LogP contribution in [0.3, 0.4) is 0 Å². The van der Waals surface area contributed by atoms with Crippen LogP contribution in [0.4, 0.5) is 11.5 Å². The maximum Gasteiger partial charge on any atom is 0.332 e. The topological polar surface area (TPSA) is 99.1 Å². The molecule has 26 heavy (non-hydrogen) atoms. The summed E-state index contributed by atoms with van der Waals surface area (Å²) in [5.74, 6) is -0.564. The van der Waals surface area contributed by atoms with Crippen LogP contribution in [-0.2, 0) is 13.6 Å². The van der Waals surface area contributed by atoms with Crippen LogP contribution in [0, 0.1) is 5.92 Å². The fourth-order valence-corrected chi connectivity index (χ4v) is 2.86. The van der Waals surface area contributed by atoms with Gasteiger partial charge in [0.05, 0.1) is 22.3 Å². The van der Waals surface area contributed by atoms with Crippen LogP contribution in [0.25, 0.3) is 0 Å². The summed E-state index contributed by atoms with van der Waals surface area (Å²) in [6.45, 7) is 3.88. The summed E-state index contributed by atoms with van der Waals surface area (Å²) < 4.78 is 2.13. The average molecular weight is 399 g/mol. The Balaban J connectivity index is 2.39. The van der Waals surface area contributed by atoms with Crippen molar-refractivity contribution < 1.29 is 4.79 Å². The number of benzene rings is 1. The summed E-state index contributed by atoms with van der Waals surface area (Å²) in [6, 6.07) is 4.95. The highest BCUT2D eigenvalue weighted by atomic mass is 35.5. The number of aromatic nitrogens is 2. The zero-order valence-electron chi connectivity index (χ0n) is 14.7. The van der Waals surface area contributed by atoms with Crippen molar-refractivity contribution in [1.29, 1.82) is 0 Å². The lowest BCUT2D eigenvalue weighted by atomic mass is 10.1. The number of halogens is 2. The van der Waals surface area contributed by atoms with Crippen LogP contribution < -0.4 is 22.3 Å². The van der Waals surface area contributed by atoms with Crippen molar-refractivity contribution in [2.75, 3.05) is 17.6 Å². The number of nitrogen functional groups attached to an aromatic ring is 1. The molecule has 3 N–H and O–H groups in total. The number of nitrogens with zero attached hydrogens (tertiary/aromatic N) is 2. The monoisotopic (exact) mass is 398 g/mol. The molecule has 0 bridgehead atoms. The van der Waals surface area contributed by atoms with Crippen molar-refractivity contribution >= 4 is 40.5 Å². The molecule has 7 nitrogen and oxygen atoms in total. The fourth-order valence-electron chi connectivity index (χ4n) is 2.49. The van der Waals surface area contributed by atoms with Gasteiger partial charge in [0.15, 0.2) is 5.78 Å². The van der Waals surface area contributed by atoms with Gasteiger partial charge in [-0.3, -0.25) is 18.7 Å². The minimum atomic E-state index is -0.725. The van der Waals surface area contributed by atoms with Gasteiger partial charge in [-0.2, -0.15) is 0 Å². The Labute approximate surface area is 160 Å². The standard InChI is InChI=1S/C17H20Cl2N4O3/c1-9(2)8-23-15(20)13(16(25)22(3)17(23)26)12(24)7-21-11-6-4-5-10(18)14(11)19/h4-6,9,21H,7-8,20H2,1-3H3. The molecule has 0 saturated carbocycles. The summed E-state index contributed by atoms with van der Waals surface area (Å²) in [6.07, 6.45) is 0. The Morgan fingerprint density at radius 2 is 1.92 bits per heavy atom. The van der Waals surface area contributed by atoms with Gasteiger partial charge >= 0.3 is 5.69 Å². The number of Topliss-reactive ketones (excluding diaryl/α,β-unsaturated/α-hetero) is 1. The van der Waals surface area contributed by atoms with Crippen molar-refractivity contribution in [3.63, 3.8) is 0 Å². The zero-order chi connectivity index (χ0) is 19.6. The molecule has 0 amide bonds. The molecule has 1 aromatic carbocycles. The molecule has 0 aliphatic rings. The van der Waals surface area contributed by atoms with Gasteiger partial charge in [-0.25, -0.2) is 4.79 Å². The Bertz CT molecular complexity index is 964. The Kier molecular flexibility index (Phi) is 6.15. The van der Waals surface area contributed by atoms with Crippen LogP contribution in [0.2, 0.25) is 10.0 Å². The highest BCUT2D eigenvalue weighted by Gasteiger charge is 2.22. The first-order valence-electron chi connectivity index (χ1n) is 7.95. The lowest BCUT2D eigenvalue weighted by Crippen LogP contribution is -2.43. The fraction of sp³-hybridized carbons (Fsp3) is 0.353. The molecular weight excluding hydrogens is 379 g/mol. The number of carbonyl (C=O) groups is 1. The number of anilines is 2. The molecule has 1 heterocycles. The van der Waals surface area contributed by atoms with Crippen molar-refractivity contribution in [2.24, 2.45) is 13.0 Å². The van der Waals surface area contributed by atoms with E-state index >= 15 is 0 Å². The molecule has 0 radical (unpaired) electrons. The van der Waals surface area contributed by atoms with E-state index in [9.17, 15) is 14.4 Å². The third-order valence-corrected chi connectivity index (χ3v) is 4.62. The molecule has 140 valence electrons. The molecule has 0 aliphatic heterocycles. The van der Waals surface area contributed by atoms with Gasteiger partial charge < -0.3 is 11.1 Å². The maximum absolute atomic E-state index is 12.6. The number of carbonyl (C=O) groups excluding carboxylic acids is 1. The first kappa shape index (κ1) is 20.1. The van der Waals surface area contributed by atoms with Gasteiger partial charge in [0.2, 0.25) is 0 Å². The third kappa shape index (κ3) is 3.94. The van der Waals surface area contributed by atoms with Gasteiger partial charge in [0, 0.05) is 13.6 Å². The molecule has 2 aromatic rings. The molecule has 0 spiro atoms. The van der Waals surface area contributed by atoms with E-state index in [1.165, 1.54) is 11.6 Å². The quantitative estimate of drug-likeness (QED) is 0.727. The summed E-state index contributed by atoms with van der Waals surface area (Å²) >= 11 is 12.0. The van der Waals surface area contributed by atoms with Crippen LogP contribution in [-0.4, -0.2) is 21.5 Å². The first-order chi connectivity index (χ1) is 12.1. The second-order valence-corrected chi connectivity index (χ2v) is 7.07. The maximum atomic E-state index is 12.6. The van der Waals surface area contributed by atoms with Crippen molar-refractivity contribution in [2.45, 2.75) is 20.4 Å². The highest BCUT2D eigenvalue weighted by Crippen LogP contribution is 2.29. The Morgan fingerprint density at radius 1 is 1.27 bits per heavy atom. The van der Waals surface area contributed by atoms with E-state index in [0.717, 1.165) is 4.57 Å². The minimum Gasteiger partial charge on any atom is -0.384 e. The van der Waals surface area contributed by atoms with Gasteiger partial charge in [-0.05, 0) is 18.1 Å². The number of nitrogens with one attached hydrogen (secondary N) is 1. The lowest BCUT2D eigenvalue weighted by Gasteiger charge is -2.16. The van der Waals surface area contributed by atoms with Gasteiger partial charge in [-0.15, -0.1) is 0 Å². The van der Waals surface area contributed by atoms with Crippen LogP contribution in [0.1, 0.15) is 24.2 Å². The van der Waals surface area contributed by atoms with E-state index in [1.807, 2.05) is 13.8 Å². The molecule has 0 aliphatic carbocycles. The second kappa shape index (κ2) is 7.97. The largest absolute Gasteiger partial charge is 0.384 e. The van der Waals surface area contributed by atoms with E-state index in [0.29, 0.717) is 17.3 Å². The van der Waals surface area contributed by atoms with E-state index < -0.39 is 17.0 Å². The molecule has 0 unspecified atom stereocenters. The number of rotatable bonds is 6. The zero-order valence-corrected chi connectivity index (χ0v) is 16.2. The molecule has 9 heteroatoms. The Hall–Kier alpha value is -2.25. The molecule has 0 fully saturated rings. The van der Waals surface area contributed by atoms with Crippen LogP contribution in [0.15, 0.2) is 27.8 Å². The van der Waals surface area contributed by atoms with Gasteiger partial charge in [-0.1, -0.05) is 43.1 Å².